The van der Waals surface area contributed by atoms with Crippen LogP contribution in [0, 0.1) is 6.92 Å². The summed E-state index contributed by atoms with van der Waals surface area (Å²) in [6.45, 7) is 6.78. The van der Waals surface area contributed by atoms with Crippen molar-refractivity contribution in [1.82, 2.24) is 4.37 Å². The average molecular weight is 244 g/mol. The number of aromatic carboxylic acids is 1. The van der Waals surface area contributed by atoms with Crippen LogP contribution in [0.25, 0.3) is 0 Å². The van der Waals surface area contributed by atoms with Gasteiger partial charge in [0, 0.05) is 13.2 Å². The highest BCUT2D eigenvalue weighted by Gasteiger charge is 2.17. The number of aromatic nitrogens is 1. The number of anilines is 1. The zero-order valence-electron chi connectivity index (χ0n) is 9.61. The number of hydrogen-bond donors (Lipinski definition) is 2. The minimum Gasteiger partial charge on any atom is -0.478 e. The van der Waals surface area contributed by atoms with Gasteiger partial charge in [-0.05, 0) is 32.3 Å². The number of carboxylic acid groups (broad SMARTS) is 1. The number of nitrogens with one attached hydrogen (secondary N) is 1. The molecule has 0 bridgehead atoms. The fourth-order valence-electron chi connectivity index (χ4n) is 1.32. The first-order valence-electron chi connectivity index (χ1n) is 5.11. The van der Waals surface area contributed by atoms with Crippen molar-refractivity contribution >= 4 is 22.5 Å². The van der Waals surface area contributed by atoms with Gasteiger partial charge in [0.2, 0.25) is 0 Å². The smallest absolute Gasteiger partial charge is 0.340 e. The molecular weight excluding hydrogens is 228 g/mol. The maximum absolute atomic E-state index is 11.0. The summed E-state index contributed by atoms with van der Waals surface area (Å²) >= 11 is 1.17. The highest BCUT2D eigenvalue weighted by atomic mass is 32.1. The second kappa shape index (κ2) is 5.81. The molecule has 0 saturated carbocycles. The van der Waals surface area contributed by atoms with E-state index in [1.54, 1.807) is 6.92 Å². The number of carbonyl (C=O) groups is 1. The Morgan fingerprint density at radius 1 is 1.69 bits per heavy atom. The highest BCUT2D eigenvalue weighted by molar-refractivity contribution is 7.10. The van der Waals surface area contributed by atoms with E-state index < -0.39 is 5.97 Å². The van der Waals surface area contributed by atoms with Crippen LogP contribution in [-0.2, 0) is 4.74 Å². The van der Waals surface area contributed by atoms with Crippen LogP contribution in [0.2, 0.25) is 0 Å². The highest BCUT2D eigenvalue weighted by Crippen LogP contribution is 2.24. The minimum absolute atomic E-state index is 0.0500. The van der Waals surface area contributed by atoms with E-state index in [-0.39, 0.29) is 11.7 Å². The van der Waals surface area contributed by atoms with E-state index in [0.717, 1.165) is 0 Å². The van der Waals surface area contributed by atoms with Crippen LogP contribution in [0.1, 0.15) is 29.9 Å². The number of rotatable bonds is 6. The second-order valence-electron chi connectivity index (χ2n) is 3.42. The molecule has 0 aromatic carbocycles. The van der Waals surface area contributed by atoms with Crippen molar-refractivity contribution in [3.8, 4) is 0 Å². The van der Waals surface area contributed by atoms with Gasteiger partial charge >= 0.3 is 5.97 Å². The number of nitrogens with zero attached hydrogens (tertiary/aromatic N) is 1. The van der Waals surface area contributed by atoms with Gasteiger partial charge < -0.3 is 15.2 Å². The van der Waals surface area contributed by atoms with E-state index in [9.17, 15) is 4.79 Å². The molecule has 0 aliphatic rings. The summed E-state index contributed by atoms with van der Waals surface area (Å²) in [6.07, 6.45) is 0.0500. The molecule has 0 amide bonds. The zero-order valence-corrected chi connectivity index (χ0v) is 10.4. The Bertz CT molecular complexity index is 365. The lowest BCUT2D eigenvalue weighted by atomic mass is 10.2. The van der Waals surface area contributed by atoms with Crippen LogP contribution in [0.5, 0.6) is 0 Å². The summed E-state index contributed by atoms with van der Waals surface area (Å²) in [5, 5.41) is 12.6. The predicted molar refractivity (Wildman–Crippen MR) is 63.4 cm³/mol. The Morgan fingerprint density at radius 3 is 2.94 bits per heavy atom. The lowest BCUT2D eigenvalue weighted by molar-refractivity contribution is 0.0696. The van der Waals surface area contributed by atoms with Crippen molar-refractivity contribution in [2.75, 3.05) is 18.5 Å². The Labute approximate surface area is 98.6 Å². The molecule has 0 saturated heterocycles. The largest absolute Gasteiger partial charge is 0.478 e. The fourth-order valence-corrected chi connectivity index (χ4v) is 2.12. The summed E-state index contributed by atoms with van der Waals surface area (Å²) in [6, 6.07) is 0. The Kier molecular flexibility index (Phi) is 4.70. The molecule has 0 fully saturated rings. The maximum Gasteiger partial charge on any atom is 0.340 e. The quantitative estimate of drug-likeness (QED) is 0.800. The van der Waals surface area contributed by atoms with Crippen molar-refractivity contribution < 1.29 is 14.6 Å². The molecule has 1 aromatic heterocycles. The Hall–Kier alpha value is -1.14. The van der Waals surface area contributed by atoms with Crippen molar-refractivity contribution in [3.05, 3.63) is 11.3 Å². The van der Waals surface area contributed by atoms with Crippen molar-refractivity contribution in [3.63, 3.8) is 0 Å². The maximum atomic E-state index is 11.0. The molecular formula is C10H16N2O3S. The van der Waals surface area contributed by atoms with E-state index in [1.807, 2.05) is 13.8 Å². The summed E-state index contributed by atoms with van der Waals surface area (Å²) in [5.41, 5.74) is 0.803. The lowest BCUT2D eigenvalue weighted by Crippen LogP contribution is -2.20. The van der Waals surface area contributed by atoms with Gasteiger partial charge in [-0.25, -0.2) is 4.79 Å². The Morgan fingerprint density at radius 2 is 2.38 bits per heavy atom. The summed E-state index contributed by atoms with van der Waals surface area (Å²) in [4.78, 5) is 11.0. The van der Waals surface area contributed by atoms with E-state index in [1.165, 1.54) is 11.5 Å². The van der Waals surface area contributed by atoms with Crippen molar-refractivity contribution in [1.29, 1.82) is 0 Å². The SMILES string of the molecule is CCOC(C)CNc1snc(C)c1C(=O)O. The van der Waals surface area contributed by atoms with Crippen molar-refractivity contribution in [2.45, 2.75) is 26.9 Å². The second-order valence-corrected chi connectivity index (χ2v) is 4.20. The third-order valence-electron chi connectivity index (χ3n) is 2.08. The van der Waals surface area contributed by atoms with Crippen LogP contribution in [0.3, 0.4) is 0 Å². The minimum atomic E-state index is -0.946. The molecule has 0 aliphatic carbocycles. The number of carboxylic acids is 1. The molecule has 0 spiro atoms. The van der Waals surface area contributed by atoms with Crippen LogP contribution in [0.4, 0.5) is 5.00 Å². The van der Waals surface area contributed by atoms with Gasteiger partial charge in [-0.2, -0.15) is 4.37 Å². The molecule has 1 heterocycles. The molecule has 1 unspecified atom stereocenters. The van der Waals surface area contributed by atoms with Gasteiger partial charge in [-0.1, -0.05) is 0 Å². The van der Waals surface area contributed by atoms with Gasteiger partial charge in [-0.15, -0.1) is 0 Å². The molecule has 0 radical (unpaired) electrons. The third-order valence-corrected chi connectivity index (χ3v) is 2.97. The van der Waals surface area contributed by atoms with Crippen LogP contribution >= 0.6 is 11.5 Å². The first-order chi connectivity index (χ1) is 7.56. The molecule has 6 heteroatoms. The van der Waals surface area contributed by atoms with Crippen LogP contribution in [0.15, 0.2) is 0 Å². The normalized spacial score (nSPS) is 12.4. The fraction of sp³-hybridized carbons (Fsp3) is 0.600. The number of hydrogen-bond acceptors (Lipinski definition) is 5. The molecule has 2 N–H and O–H groups in total. The topological polar surface area (TPSA) is 71.5 Å². The van der Waals surface area contributed by atoms with Gasteiger partial charge in [-0.3, -0.25) is 0 Å². The summed E-state index contributed by atoms with van der Waals surface area (Å²) in [7, 11) is 0. The van der Waals surface area contributed by atoms with Gasteiger partial charge in [0.1, 0.15) is 10.6 Å². The molecule has 1 aromatic rings. The summed E-state index contributed by atoms with van der Waals surface area (Å²) in [5.74, 6) is -0.946. The standard InChI is InChI=1S/C10H16N2O3S/c1-4-15-6(2)5-11-9-8(10(13)14)7(3)12-16-9/h6,11H,4-5H2,1-3H3,(H,13,14). The number of ether oxygens (including phenoxy) is 1. The molecule has 90 valence electrons. The van der Waals surface area contributed by atoms with Crippen LogP contribution < -0.4 is 5.32 Å². The Balaban J connectivity index is 2.64. The zero-order chi connectivity index (χ0) is 12.1. The molecule has 16 heavy (non-hydrogen) atoms. The first-order valence-corrected chi connectivity index (χ1v) is 5.88. The van der Waals surface area contributed by atoms with Crippen molar-refractivity contribution in [2.24, 2.45) is 0 Å². The molecule has 5 nitrogen and oxygen atoms in total. The van der Waals surface area contributed by atoms with Crippen LogP contribution in [-0.4, -0.2) is 34.7 Å². The lowest BCUT2D eigenvalue weighted by Gasteiger charge is -2.12. The monoisotopic (exact) mass is 244 g/mol. The van der Waals surface area contributed by atoms with E-state index in [0.29, 0.717) is 23.8 Å². The van der Waals surface area contributed by atoms with Gasteiger partial charge in [0.05, 0.1) is 11.8 Å². The van der Waals surface area contributed by atoms with E-state index in [2.05, 4.69) is 9.69 Å². The summed E-state index contributed by atoms with van der Waals surface area (Å²) < 4.78 is 9.36. The third kappa shape index (κ3) is 3.18. The van der Waals surface area contributed by atoms with E-state index in [4.69, 9.17) is 9.84 Å². The number of aryl methyl sites for hydroxylation is 1. The average Bonchev–Trinajstić information content (AvgIpc) is 2.57. The van der Waals surface area contributed by atoms with E-state index >= 15 is 0 Å². The molecule has 0 aliphatic heterocycles. The molecule has 1 rings (SSSR count). The molecule has 1 atom stereocenters. The first kappa shape index (κ1) is 12.9. The van der Waals surface area contributed by atoms with Gasteiger partial charge in [0.25, 0.3) is 0 Å². The predicted octanol–water partition coefficient (Wildman–Crippen LogP) is 1.99. The van der Waals surface area contributed by atoms with Gasteiger partial charge in [0.15, 0.2) is 0 Å².